The molecule has 0 saturated carbocycles. The maximum absolute atomic E-state index is 12.7. The van der Waals surface area contributed by atoms with Crippen LogP contribution in [0.1, 0.15) is 27.0 Å². The molecule has 7 nitrogen and oxygen atoms in total. The van der Waals surface area contributed by atoms with Crippen molar-refractivity contribution >= 4 is 52.2 Å². The number of hydrogen-bond acceptors (Lipinski definition) is 6. The summed E-state index contributed by atoms with van der Waals surface area (Å²) in [5.41, 5.74) is 2.73. The Hall–Kier alpha value is -4.06. The average Bonchev–Trinajstić information content (AvgIpc) is 3.11. The molecule has 0 aromatic heterocycles. The smallest absolute Gasteiger partial charge is 0.335 e. The standard InChI is InChI=1S/C26H18ClN3O4S/c1-30-24(31)23(35-26(30)29-20-9-7-17(8-10-20)25(32)33)13-16-6-11-22(21(27)12-16)34-15-19-5-3-2-4-18(19)14-28/h2-13H,15H2,1H3,(H,32,33)/b23-13-,29-26?. The SMILES string of the molecule is CN1C(=O)/C(=C/c2ccc(OCc3ccccc3C#N)c(Cl)c2)SC1=Nc1ccc(C(=O)O)cc1. The highest BCUT2D eigenvalue weighted by molar-refractivity contribution is 8.18. The molecule has 0 radical (unpaired) electrons. The van der Waals surface area contributed by atoms with Gasteiger partial charge in [0.25, 0.3) is 5.91 Å². The molecule has 4 rings (SSSR count). The third kappa shape index (κ3) is 5.54. The van der Waals surface area contributed by atoms with E-state index in [9.17, 15) is 14.9 Å². The highest BCUT2D eigenvalue weighted by Gasteiger charge is 2.30. The predicted octanol–water partition coefficient (Wildman–Crippen LogP) is 5.72. The highest BCUT2D eigenvalue weighted by atomic mass is 35.5. The summed E-state index contributed by atoms with van der Waals surface area (Å²) in [6.07, 6.45) is 1.72. The zero-order valence-corrected chi connectivity index (χ0v) is 20.0. The van der Waals surface area contributed by atoms with Gasteiger partial charge in [-0.3, -0.25) is 9.69 Å². The van der Waals surface area contributed by atoms with Crippen molar-refractivity contribution in [1.82, 2.24) is 4.90 Å². The molecule has 0 spiro atoms. The van der Waals surface area contributed by atoms with Gasteiger partial charge in [-0.05, 0) is 65.9 Å². The molecule has 1 heterocycles. The van der Waals surface area contributed by atoms with Gasteiger partial charge in [-0.15, -0.1) is 0 Å². The number of amidine groups is 1. The molecule has 1 aliphatic heterocycles. The van der Waals surface area contributed by atoms with Crippen molar-refractivity contribution in [2.45, 2.75) is 6.61 Å². The highest BCUT2D eigenvalue weighted by Crippen LogP contribution is 2.34. The van der Waals surface area contributed by atoms with Crippen LogP contribution >= 0.6 is 23.4 Å². The van der Waals surface area contributed by atoms with Crippen molar-refractivity contribution in [3.05, 3.63) is 98.9 Å². The van der Waals surface area contributed by atoms with Crippen molar-refractivity contribution in [2.75, 3.05) is 7.05 Å². The van der Waals surface area contributed by atoms with E-state index in [0.29, 0.717) is 32.1 Å². The number of ether oxygens (including phenoxy) is 1. The number of hydrogen-bond donors (Lipinski definition) is 1. The second-order valence-corrected chi connectivity index (χ2v) is 8.89. The van der Waals surface area contributed by atoms with Crippen LogP contribution in [0.25, 0.3) is 6.08 Å². The molecule has 3 aromatic rings. The lowest BCUT2D eigenvalue weighted by Gasteiger charge is -2.10. The Balaban J connectivity index is 1.49. The number of carboxylic acid groups (broad SMARTS) is 1. The Morgan fingerprint density at radius 3 is 2.63 bits per heavy atom. The van der Waals surface area contributed by atoms with Crippen LogP contribution in [0.2, 0.25) is 5.02 Å². The van der Waals surface area contributed by atoms with Crippen LogP contribution in [0.15, 0.2) is 76.6 Å². The van der Waals surface area contributed by atoms with Gasteiger partial charge in [-0.2, -0.15) is 5.26 Å². The molecule has 0 aliphatic carbocycles. The fraction of sp³-hybridized carbons (Fsp3) is 0.0769. The molecule has 1 amide bonds. The molecule has 0 unspecified atom stereocenters. The summed E-state index contributed by atoms with van der Waals surface area (Å²) in [5.74, 6) is -0.754. The monoisotopic (exact) mass is 503 g/mol. The minimum Gasteiger partial charge on any atom is -0.487 e. The number of benzene rings is 3. The van der Waals surface area contributed by atoms with Gasteiger partial charge in [0.05, 0.1) is 32.8 Å². The van der Waals surface area contributed by atoms with Gasteiger partial charge in [-0.25, -0.2) is 9.79 Å². The number of rotatable bonds is 6. The summed E-state index contributed by atoms with van der Waals surface area (Å²) in [6, 6.07) is 20.6. The molecule has 1 fully saturated rings. The van der Waals surface area contributed by atoms with Crippen LogP contribution in [0.5, 0.6) is 5.75 Å². The van der Waals surface area contributed by atoms with Gasteiger partial charge < -0.3 is 9.84 Å². The molecule has 9 heteroatoms. The van der Waals surface area contributed by atoms with Crippen molar-refractivity contribution in [2.24, 2.45) is 4.99 Å². The van der Waals surface area contributed by atoms with Gasteiger partial charge in [0.1, 0.15) is 12.4 Å². The summed E-state index contributed by atoms with van der Waals surface area (Å²) in [5, 5.41) is 19.1. The van der Waals surface area contributed by atoms with E-state index in [-0.39, 0.29) is 18.1 Å². The van der Waals surface area contributed by atoms with E-state index < -0.39 is 5.97 Å². The zero-order chi connectivity index (χ0) is 24.9. The van der Waals surface area contributed by atoms with Gasteiger partial charge in [0.2, 0.25) is 0 Å². The van der Waals surface area contributed by atoms with Crippen molar-refractivity contribution in [3.8, 4) is 11.8 Å². The number of likely N-dealkylation sites (N-methyl/N-ethyl adjacent to an activating group) is 1. The first-order valence-electron chi connectivity index (χ1n) is 10.4. The largest absolute Gasteiger partial charge is 0.487 e. The van der Waals surface area contributed by atoms with Crippen LogP contribution < -0.4 is 4.74 Å². The Kier molecular flexibility index (Phi) is 7.20. The second-order valence-electron chi connectivity index (χ2n) is 7.47. The lowest BCUT2D eigenvalue weighted by Crippen LogP contribution is -2.23. The normalized spacial score (nSPS) is 15.5. The minimum absolute atomic E-state index is 0.164. The van der Waals surface area contributed by atoms with E-state index in [4.69, 9.17) is 21.4 Å². The molecule has 35 heavy (non-hydrogen) atoms. The number of amides is 1. The number of carbonyl (C=O) groups is 2. The van der Waals surface area contributed by atoms with E-state index in [1.807, 2.05) is 12.1 Å². The number of carboxylic acids is 1. The first-order chi connectivity index (χ1) is 16.9. The third-order valence-corrected chi connectivity index (χ3v) is 6.47. The van der Waals surface area contributed by atoms with Gasteiger partial charge in [0.15, 0.2) is 5.17 Å². The second kappa shape index (κ2) is 10.5. The lowest BCUT2D eigenvalue weighted by atomic mass is 10.1. The molecule has 3 aromatic carbocycles. The van der Waals surface area contributed by atoms with Gasteiger partial charge in [-0.1, -0.05) is 35.9 Å². The fourth-order valence-electron chi connectivity index (χ4n) is 3.23. The predicted molar refractivity (Wildman–Crippen MR) is 136 cm³/mol. The molecule has 1 N–H and O–H groups in total. The van der Waals surface area contributed by atoms with Crippen LogP contribution in [-0.4, -0.2) is 34.1 Å². The van der Waals surface area contributed by atoms with Gasteiger partial charge >= 0.3 is 5.97 Å². The molecular weight excluding hydrogens is 486 g/mol. The van der Waals surface area contributed by atoms with E-state index >= 15 is 0 Å². The van der Waals surface area contributed by atoms with Crippen molar-refractivity contribution < 1.29 is 19.4 Å². The number of carbonyl (C=O) groups excluding carboxylic acids is 1. The number of aliphatic imine (C=N–C) groups is 1. The molecular formula is C26H18ClN3O4S. The molecule has 0 atom stereocenters. The molecule has 174 valence electrons. The average molecular weight is 504 g/mol. The number of aromatic carboxylic acids is 1. The summed E-state index contributed by atoms with van der Waals surface area (Å²) < 4.78 is 5.80. The maximum Gasteiger partial charge on any atom is 0.335 e. The summed E-state index contributed by atoms with van der Waals surface area (Å²) in [6.45, 7) is 0.205. The van der Waals surface area contributed by atoms with Crippen molar-refractivity contribution in [1.29, 1.82) is 5.26 Å². The van der Waals surface area contributed by atoms with E-state index in [2.05, 4.69) is 11.1 Å². The fourth-order valence-corrected chi connectivity index (χ4v) is 4.46. The lowest BCUT2D eigenvalue weighted by molar-refractivity contribution is -0.121. The molecule has 1 saturated heterocycles. The number of nitriles is 1. The van der Waals surface area contributed by atoms with Crippen LogP contribution in [-0.2, 0) is 11.4 Å². The first-order valence-corrected chi connectivity index (χ1v) is 11.5. The van der Waals surface area contributed by atoms with Crippen molar-refractivity contribution in [3.63, 3.8) is 0 Å². The van der Waals surface area contributed by atoms with E-state index in [0.717, 1.165) is 11.1 Å². The summed E-state index contributed by atoms with van der Waals surface area (Å²) in [4.78, 5) is 30.1. The van der Waals surface area contributed by atoms with E-state index in [1.165, 1.54) is 28.8 Å². The maximum atomic E-state index is 12.7. The van der Waals surface area contributed by atoms with Crippen LogP contribution in [0, 0.1) is 11.3 Å². The first kappa shape index (κ1) is 24.1. The zero-order valence-electron chi connectivity index (χ0n) is 18.4. The Bertz CT molecular complexity index is 1410. The van der Waals surface area contributed by atoms with Crippen LogP contribution in [0.4, 0.5) is 5.69 Å². The summed E-state index contributed by atoms with van der Waals surface area (Å²) >= 11 is 7.62. The van der Waals surface area contributed by atoms with Gasteiger partial charge in [0, 0.05) is 12.6 Å². The Labute approximate surface area is 210 Å². The molecule has 1 aliphatic rings. The topological polar surface area (TPSA) is 103 Å². The number of halogens is 1. The van der Waals surface area contributed by atoms with E-state index in [1.54, 1.807) is 55.6 Å². The molecule has 0 bridgehead atoms. The number of thioether (sulfide) groups is 1. The quantitative estimate of drug-likeness (QED) is 0.431. The third-order valence-electron chi connectivity index (χ3n) is 5.12. The Morgan fingerprint density at radius 2 is 1.94 bits per heavy atom. The Morgan fingerprint density at radius 1 is 1.20 bits per heavy atom. The number of nitrogens with zero attached hydrogens (tertiary/aromatic N) is 3. The van der Waals surface area contributed by atoms with Crippen LogP contribution in [0.3, 0.4) is 0 Å². The summed E-state index contributed by atoms with van der Waals surface area (Å²) in [7, 11) is 1.63. The minimum atomic E-state index is -1.01.